The predicted octanol–water partition coefficient (Wildman–Crippen LogP) is 0.632. The third-order valence-electron chi connectivity index (χ3n) is 2.67. The number of hydrogen-bond donors (Lipinski definition) is 1. The molecular formula is C10H15N3O2S. The van der Waals surface area contributed by atoms with E-state index in [1.54, 1.807) is 12.3 Å². The minimum Gasteiger partial charge on any atom is -0.370 e. The van der Waals surface area contributed by atoms with Crippen LogP contribution < -0.4 is 5.32 Å². The van der Waals surface area contributed by atoms with E-state index in [0.717, 1.165) is 12.2 Å². The second-order valence-corrected chi connectivity index (χ2v) is 6.37. The first kappa shape index (κ1) is 11.3. The Morgan fingerprint density at radius 3 is 3.00 bits per heavy atom. The summed E-state index contributed by atoms with van der Waals surface area (Å²) in [5.74, 6) is 2.30. The fraction of sp³-hybridized carbons (Fsp3) is 0.600. The van der Waals surface area contributed by atoms with E-state index >= 15 is 0 Å². The average Bonchev–Trinajstić information content (AvgIpc) is 2.56. The molecule has 0 saturated carbocycles. The van der Waals surface area contributed by atoms with Crippen LogP contribution in [0.4, 0.5) is 5.82 Å². The molecular weight excluding hydrogens is 226 g/mol. The van der Waals surface area contributed by atoms with E-state index in [-0.39, 0.29) is 5.92 Å². The molecule has 1 N–H and O–H groups in total. The quantitative estimate of drug-likeness (QED) is 0.840. The van der Waals surface area contributed by atoms with Gasteiger partial charge in [-0.2, -0.15) is 0 Å². The first-order valence-electron chi connectivity index (χ1n) is 5.29. The number of anilines is 1. The molecule has 1 fully saturated rings. The van der Waals surface area contributed by atoms with Gasteiger partial charge in [0.2, 0.25) is 0 Å². The van der Waals surface area contributed by atoms with Crippen LogP contribution in [0.5, 0.6) is 0 Å². The lowest BCUT2D eigenvalue weighted by Crippen LogP contribution is -2.16. The zero-order chi connectivity index (χ0) is 11.6. The monoisotopic (exact) mass is 241 g/mol. The van der Waals surface area contributed by atoms with Gasteiger partial charge in [-0.1, -0.05) is 0 Å². The zero-order valence-electron chi connectivity index (χ0n) is 9.18. The Hall–Kier alpha value is -1.17. The molecule has 5 nitrogen and oxygen atoms in total. The van der Waals surface area contributed by atoms with Gasteiger partial charge < -0.3 is 5.32 Å². The van der Waals surface area contributed by atoms with Gasteiger partial charge >= 0.3 is 0 Å². The molecule has 1 atom stereocenters. The molecule has 6 heteroatoms. The molecule has 1 saturated heterocycles. The molecule has 1 aliphatic rings. The molecule has 0 aromatic carbocycles. The number of sulfone groups is 1. The first-order valence-corrected chi connectivity index (χ1v) is 7.11. The van der Waals surface area contributed by atoms with Crippen LogP contribution in [0.1, 0.15) is 12.2 Å². The molecule has 1 unspecified atom stereocenters. The van der Waals surface area contributed by atoms with Crippen molar-refractivity contribution < 1.29 is 8.42 Å². The normalized spacial score (nSPS) is 23.2. The summed E-state index contributed by atoms with van der Waals surface area (Å²) in [4.78, 5) is 8.19. The standard InChI is InChI=1S/C10H15N3O2S/c1-8-11-4-2-10(13-8)12-6-9-3-5-16(14,15)7-9/h2,4,9H,3,5-7H2,1H3,(H,11,12,13). The topological polar surface area (TPSA) is 72.0 Å². The molecule has 1 aromatic rings. The molecule has 1 aromatic heterocycles. The molecule has 1 aliphatic heterocycles. The van der Waals surface area contributed by atoms with Crippen molar-refractivity contribution in [1.29, 1.82) is 0 Å². The Bertz CT molecular complexity index is 473. The summed E-state index contributed by atoms with van der Waals surface area (Å²) in [6, 6.07) is 1.79. The Morgan fingerprint density at radius 1 is 1.56 bits per heavy atom. The second-order valence-electron chi connectivity index (χ2n) is 4.14. The Morgan fingerprint density at radius 2 is 2.38 bits per heavy atom. The number of nitrogens with zero attached hydrogens (tertiary/aromatic N) is 2. The van der Waals surface area contributed by atoms with E-state index < -0.39 is 9.84 Å². The van der Waals surface area contributed by atoms with Gasteiger partial charge in [0.25, 0.3) is 0 Å². The van der Waals surface area contributed by atoms with Crippen molar-refractivity contribution >= 4 is 15.7 Å². The van der Waals surface area contributed by atoms with Gasteiger partial charge in [-0.05, 0) is 25.3 Å². The maximum Gasteiger partial charge on any atom is 0.150 e. The van der Waals surface area contributed by atoms with Crippen LogP contribution in [0.15, 0.2) is 12.3 Å². The zero-order valence-corrected chi connectivity index (χ0v) is 10.00. The summed E-state index contributed by atoms with van der Waals surface area (Å²) in [6.45, 7) is 2.49. The van der Waals surface area contributed by atoms with Crippen LogP contribution in [-0.4, -0.2) is 36.4 Å². The minimum atomic E-state index is -2.78. The van der Waals surface area contributed by atoms with Crippen molar-refractivity contribution in [2.75, 3.05) is 23.4 Å². The molecule has 0 bridgehead atoms. The van der Waals surface area contributed by atoms with E-state index in [1.165, 1.54) is 0 Å². The fourth-order valence-electron chi connectivity index (χ4n) is 1.84. The third-order valence-corrected chi connectivity index (χ3v) is 4.51. The molecule has 0 amide bonds. The van der Waals surface area contributed by atoms with Gasteiger partial charge in [-0.15, -0.1) is 0 Å². The highest BCUT2D eigenvalue weighted by molar-refractivity contribution is 7.91. The van der Waals surface area contributed by atoms with E-state index in [0.29, 0.717) is 23.9 Å². The summed E-state index contributed by atoms with van der Waals surface area (Å²) < 4.78 is 22.5. The maximum atomic E-state index is 11.3. The average molecular weight is 241 g/mol. The van der Waals surface area contributed by atoms with Gasteiger partial charge in [0.1, 0.15) is 11.6 Å². The number of aryl methyl sites for hydroxylation is 1. The molecule has 16 heavy (non-hydrogen) atoms. The predicted molar refractivity (Wildman–Crippen MR) is 62.0 cm³/mol. The summed E-state index contributed by atoms with van der Waals surface area (Å²) in [5.41, 5.74) is 0. The lowest BCUT2D eigenvalue weighted by Gasteiger charge is -2.09. The molecule has 0 aliphatic carbocycles. The van der Waals surface area contributed by atoms with Crippen LogP contribution in [0, 0.1) is 12.8 Å². The Kier molecular flexibility index (Phi) is 3.09. The number of rotatable bonds is 3. The second kappa shape index (κ2) is 4.37. The molecule has 0 radical (unpaired) electrons. The highest BCUT2D eigenvalue weighted by Crippen LogP contribution is 2.18. The summed E-state index contributed by atoms with van der Waals surface area (Å²) >= 11 is 0. The molecule has 2 heterocycles. The SMILES string of the molecule is Cc1nccc(NCC2CCS(=O)(=O)C2)n1. The van der Waals surface area contributed by atoms with Crippen molar-refractivity contribution in [3.63, 3.8) is 0 Å². The number of nitrogens with one attached hydrogen (secondary N) is 1. The highest BCUT2D eigenvalue weighted by atomic mass is 32.2. The lowest BCUT2D eigenvalue weighted by molar-refractivity contribution is 0.595. The van der Waals surface area contributed by atoms with Crippen LogP contribution in [0.2, 0.25) is 0 Å². The first-order chi connectivity index (χ1) is 7.55. The molecule has 2 rings (SSSR count). The van der Waals surface area contributed by atoms with Gasteiger partial charge in [0, 0.05) is 12.7 Å². The minimum absolute atomic E-state index is 0.209. The number of hydrogen-bond acceptors (Lipinski definition) is 5. The summed E-state index contributed by atoms with van der Waals surface area (Å²) in [7, 11) is -2.78. The highest BCUT2D eigenvalue weighted by Gasteiger charge is 2.27. The molecule has 88 valence electrons. The largest absolute Gasteiger partial charge is 0.370 e. The maximum absolute atomic E-state index is 11.3. The summed E-state index contributed by atoms with van der Waals surface area (Å²) in [5, 5.41) is 3.15. The van der Waals surface area contributed by atoms with Crippen molar-refractivity contribution in [1.82, 2.24) is 9.97 Å². The van der Waals surface area contributed by atoms with Gasteiger partial charge in [-0.3, -0.25) is 0 Å². The molecule has 0 spiro atoms. The van der Waals surface area contributed by atoms with Gasteiger partial charge in [0.05, 0.1) is 11.5 Å². The smallest absolute Gasteiger partial charge is 0.150 e. The van der Waals surface area contributed by atoms with E-state index in [9.17, 15) is 8.42 Å². The third kappa shape index (κ3) is 2.91. The van der Waals surface area contributed by atoms with Gasteiger partial charge in [0.15, 0.2) is 9.84 Å². The van der Waals surface area contributed by atoms with Crippen LogP contribution >= 0.6 is 0 Å². The van der Waals surface area contributed by atoms with Crippen molar-refractivity contribution in [2.24, 2.45) is 5.92 Å². The van der Waals surface area contributed by atoms with E-state index in [2.05, 4.69) is 15.3 Å². The van der Waals surface area contributed by atoms with Crippen LogP contribution in [-0.2, 0) is 9.84 Å². The van der Waals surface area contributed by atoms with Crippen molar-refractivity contribution in [3.05, 3.63) is 18.1 Å². The fourth-order valence-corrected chi connectivity index (χ4v) is 3.70. The number of aromatic nitrogens is 2. The van der Waals surface area contributed by atoms with Crippen molar-refractivity contribution in [2.45, 2.75) is 13.3 Å². The van der Waals surface area contributed by atoms with Crippen LogP contribution in [0.3, 0.4) is 0 Å². The lowest BCUT2D eigenvalue weighted by atomic mass is 10.1. The van der Waals surface area contributed by atoms with Crippen molar-refractivity contribution in [3.8, 4) is 0 Å². The summed E-state index contributed by atoms with van der Waals surface area (Å²) in [6.07, 6.45) is 2.44. The Labute approximate surface area is 95.2 Å². The van der Waals surface area contributed by atoms with E-state index in [4.69, 9.17) is 0 Å². The van der Waals surface area contributed by atoms with Crippen LogP contribution in [0.25, 0.3) is 0 Å². The van der Waals surface area contributed by atoms with Gasteiger partial charge in [-0.25, -0.2) is 18.4 Å². The Balaban J connectivity index is 1.89. The van der Waals surface area contributed by atoms with E-state index in [1.807, 2.05) is 6.92 Å².